The first-order chi connectivity index (χ1) is 9.22. The van der Waals surface area contributed by atoms with E-state index >= 15 is 0 Å². The second-order valence-corrected chi connectivity index (χ2v) is 3.56. The zero-order chi connectivity index (χ0) is 14.1. The van der Waals surface area contributed by atoms with Crippen LogP contribution in [0.5, 0.6) is 5.75 Å². The Labute approximate surface area is 112 Å². The summed E-state index contributed by atoms with van der Waals surface area (Å²) in [5, 5.41) is 0. The SMILES string of the molecule is C=CC(=O)OCCOc1ccccc1C(OC)OC. The molecule has 5 heteroatoms. The topological polar surface area (TPSA) is 54.0 Å². The highest BCUT2D eigenvalue weighted by Crippen LogP contribution is 2.27. The first-order valence-electron chi connectivity index (χ1n) is 5.79. The summed E-state index contributed by atoms with van der Waals surface area (Å²) in [6, 6.07) is 7.36. The fraction of sp³-hybridized carbons (Fsp3) is 0.357. The van der Waals surface area contributed by atoms with Gasteiger partial charge in [0.25, 0.3) is 0 Å². The molecule has 19 heavy (non-hydrogen) atoms. The standard InChI is InChI=1S/C14H18O5/c1-4-13(15)19-10-9-18-12-8-6-5-7-11(12)14(16-2)17-3/h4-8,14H,1,9-10H2,2-3H3. The van der Waals surface area contributed by atoms with Crippen LogP contribution in [0.1, 0.15) is 11.9 Å². The maximum Gasteiger partial charge on any atom is 0.330 e. The number of rotatable bonds is 8. The van der Waals surface area contributed by atoms with Crippen LogP contribution in [0, 0.1) is 0 Å². The molecule has 0 saturated heterocycles. The van der Waals surface area contributed by atoms with Crippen LogP contribution in [0.3, 0.4) is 0 Å². The van der Waals surface area contributed by atoms with Crippen LogP contribution in [0.25, 0.3) is 0 Å². The van der Waals surface area contributed by atoms with Crippen molar-refractivity contribution in [3.05, 3.63) is 42.5 Å². The molecule has 1 rings (SSSR count). The number of hydrogen-bond donors (Lipinski definition) is 0. The van der Waals surface area contributed by atoms with E-state index in [0.29, 0.717) is 5.75 Å². The van der Waals surface area contributed by atoms with Gasteiger partial charge in [-0.05, 0) is 6.07 Å². The molecule has 0 bridgehead atoms. The van der Waals surface area contributed by atoms with E-state index in [1.807, 2.05) is 18.2 Å². The lowest BCUT2D eigenvalue weighted by Gasteiger charge is -2.17. The molecule has 0 fully saturated rings. The molecular weight excluding hydrogens is 248 g/mol. The highest BCUT2D eigenvalue weighted by molar-refractivity contribution is 5.81. The summed E-state index contributed by atoms with van der Waals surface area (Å²) >= 11 is 0. The predicted molar refractivity (Wildman–Crippen MR) is 69.9 cm³/mol. The molecule has 0 aliphatic carbocycles. The van der Waals surface area contributed by atoms with Crippen molar-refractivity contribution in [2.75, 3.05) is 27.4 Å². The Bertz CT molecular complexity index is 412. The minimum atomic E-state index is -0.494. The van der Waals surface area contributed by atoms with Gasteiger partial charge in [0.15, 0.2) is 6.29 Å². The minimum absolute atomic E-state index is 0.157. The summed E-state index contributed by atoms with van der Waals surface area (Å²) in [7, 11) is 3.10. The largest absolute Gasteiger partial charge is 0.490 e. The van der Waals surface area contributed by atoms with Crippen molar-refractivity contribution in [2.24, 2.45) is 0 Å². The van der Waals surface area contributed by atoms with E-state index in [1.165, 1.54) is 0 Å². The van der Waals surface area contributed by atoms with Gasteiger partial charge < -0.3 is 18.9 Å². The molecule has 0 radical (unpaired) electrons. The molecule has 0 heterocycles. The molecule has 1 aromatic carbocycles. The fourth-order valence-corrected chi connectivity index (χ4v) is 1.51. The average molecular weight is 266 g/mol. The number of para-hydroxylation sites is 1. The normalized spacial score (nSPS) is 10.3. The second kappa shape index (κ2) is 8.29. The number of methoxy groups -OCH3 is 2. The average Bonchev–Trinajstić information content (AvgIpc) is 2.46. The fourth-order valence-electron chi connectivity index (χ4n) is 1.51. The maximum atomic E-state index is 10.9. The van der Waals surface area contributed by atoms with Crippen molar-refractivity contribution in [1.29, 1.82) is 0 Å². The molecule has 0 aliphatic heterocycles. The number of carbonyl (C=O) groups is 1. The summed E-state index contributed by atoms with van der Waals surface area (Å²) in [6.07, 6.45) is 0.617. The highest BCUT2D eigenvalue weighted by atomic mass is 16.7. The molecule has 0 aromatic heterocycles. The Morgan fingerprint density at radius 2 is 1.95 bits per heavy atom. The van der Waals surface area contributed by atoms with Crippen molar-refractivity contribution in [3.8, 4) is 5.75 Å². The van der Waals surface area contributed by atoms with Gasteiger partial charge in [-0.2, -0.15) is 0 Å². The quantitative estimate of drug-likeness (QED) is 0.312. The molecule has 1 aromatic rings. The molecule has 0 saturated carbocycles. The van der Waals surface area contributed by atoms with Crippen molar-refractivity contribution in [2.45, 2.75) is 6.29 Å². The molecule has 0 N–H and O–H groups in total. The third-order valence-electron chi connectivity index (χ3n) is 2.35. The molecule has 0 amide bonds. The van der Waals surface area contributed by atoms with Crippen LogP contribution in [0.4, 0.5) is 0 Å². The van der Waals surface area contributed by atoms with Gasteiger partial charge in [-0.25, -0.2) is 4.79 Å². The van der Waals surface area contributed by atoms with Crippen molar-refractivity contribution >= 4 is 5.97 Å². The van der Waals surface area contributed by atoms with E-state index in [0.717, 1.165) is 11.6 Å². The van der Waals surface area contributed by atoms with Gasteiger partial charge >= 0.3 is 5.97 Å². The number of hydrogen-bond acceptors (Lipinski definition) is 5. The van der Waals surface area contributed by atoms with Gasteiger partial charge in [-0.1, -0.05) is 24.8 Å². The van der Waals surface area contributed by atoms with Crippen molar-refractivity contribution < 1.29 is 23.7 Å². The number of esters is 1. The van der Waals surface area contributed by atoms with E-state index in [1.54, 1.807) is 20.3 Å². The van der Waals surface area contributed by atoms with Crippen LogP contribution in [0.2, 0.25) is 0 Å². The Hall–Kier alpha value is -1.85. The lowest BCUT2D eigenvalue weighted by atomic mass is 10.2. The van der Waals surface area contributed by atoms with Gasteiger partial charge in [0.05, 0.1) is 0 Å². The van der Waals surface area contributed by atoms with Gasteiger partial charge in [0.2, 0.25) is 0 Å². The molecule has 0 atom stereocenters. The Morgan fingerprint density at radius 1 is 1.26 bits per heavy atom. The molecular formula is C14H18O5. The minimum Gasteiger partial charge on any atom is -0.490 e. The van der Waals surface area contributed by atoms with Gasteiger partial charge in [-0.3, -0.25) is 0 Å². The second-order valence-electron chi connectivity index (χ2n) is 3.56. The zero-order valence-electron chi connectivity index (χ0n) is 11.1. The van der Waals surface area contributed by atoms with Crippen LogP contribution in [-0.2, 0) is 19.0 Å². The van der Waals surface area contributed by atoms with Crippen LogP contribution < -0.4 is 4.74 Å². The maximum absolute atomic E-state index is 10.9. The first kappa shape index (κ1) is 15.2. The van der Waals surface area contributed by atoms with E-state index in [9.17, 15) is 4.79 Å². The van der Waals surface area contributed by atoms with E-state index in [-0.39, 0.29) is 13.2 Å². The first-order valence-corrected chi connectivity index (χ1v) is 5.79. The summed E-state index contributed by atoms with van der Waals surface area (Å²) in [4.78, 5) is 10.9. The van der Waals surface area contributed by atoms with Crippen LogP contribution >= 0.6 is 0 Å². The predicted octanol–water partition coefficient (Wildman–Crippen LogP) is 2.09. The van der Waals surface area contributed by atoms with E-state index < -0.39 is 12.3 Å². The summed E-state index contributed by atoms with van der Waals surface area (Å²) < 4.78 is 20.7. The Kier molecular flexibility index (Phi) is 6.63. The highest BCUT2D eigenvalue weighted by Gasteiger charge is 2.14. The van der Waals surface area contributed by atoms with Crippen molar-refractivity contribution in [1.82, 2.24) is 0 Å². The third kappa shape index (κ3) is 4.73. The molecule has 104 valence electrons. The molecule has 0 spiro atoms. The zero-order valence-corrected chi connectivity index (χ0v) is 11.1. The van der Waals surface area contributed by atoms with Crippen LogP contribution in [-0.4, -0.2) is 33.4 Å². The van der Waals surface area contributed by atoms with Crippen molar-refractivity contribution in [3.63, 3.8) is 0 Å². The van der Waals surface area contributed by atoms with Gasteiger partial charge in [0.1, 0.15) is 19.0 Å². The van der Waals surface area contributed by atoms with E-state index in [4.69, 9.17) is 18.9 Å². The molecule has 0 unspecified atom stereocenters. The number of ether oxygens (including phenoxy) is 4. The third-order valence-corrected chi connectivity index (χ3v) is 2.35. The van der Waals surface area contributed by atoms with Gasteiger partial charge in [-0.15, -0.1) is 0 Å². The lowest BCUT2D eigenvalue weighted by Crippen LogP contribution is -2.12. The van der Waals surface area contributed by atoms with E-state index in [2.05, 4.69) is 6.58 Å². The summed E-state index contributed by atoms with van der Waals surface area (Å²) in [5.41, 5.74) is 0.780. The lowest BCUT2D eigenvalue weighted by molar-refractivity contribution is -0.138. The number of benzene rings is 1. The Morgan fingerprint density at radius 3 is 2.58 bits per heavy atom. The summed E-state index contributed by atoms with van der Waals surface area (Å²) in [6.45, 7) is 3.71. The molecule has 0 aliphatic rings. The smallest absolute Gasteiger partial charge is 0.330 e. The van der Waals surface area contributed by atoms with Gasteiger partial charge in [0, 0.05) is 25.9 Å². The number of carbonyl (C=O) groups excluding carboxylic acids is 1. The van der Waals surface area contributed by atoms with Crippen LogP contribution in [0.15, 0.2) is 36.9 Å². The molecule has 5 nitrogen and oxygen atoms in total. The monoisotopic (exact) mass is 266 g/mol. The summed E-state index contributed by atoms with van der Waals surface area (Å²) in [5.74, 6) is 0.161. The Balaban J connectivity index is 2.58.